The minimum absolute atomic E-state index is 0.00223. The van der Waals surface area contributed by atoms with Gasteiger partial charge in [-0.25, -0.2) is 0 Å². The van der Waals surface area contributed by atoms with E-state index in [9.17, 15) is 18.0 Å². The number of hydrogen-bond acceptors (Lipinski definition) is 3. The molecule has 0 saturated heterocycles. The highest BCUT2D eigenvalue weighted by Gasteiger charge is 2.45. The van der Waals surface area contributed by atoms with Gasteiger partial charge >= 0.3 is 6.18 Å². The van der Waals surface area contributed by atoms with Crippen LogP contribution in [0.2, 0.25) is 0 Å². The zero-order valence-electron chi connectivity index (χ0n) is 12.1. The lowest BCUT2D eigenvalue weighted by Crippen LogP contribution is -2.48. The van der Waals surface area contributed by atoms with Crippen molar-refractivity contribution in [2.75, 3.05) is 0 Å². The second kappa shape index (κ2) is 6.07. The number of rotatable bonds is 3. The van der Waals surface area contributed by atoms with Gasteiger partial charge in [0.15, 0.2) is 0 Å². The van der Waals surface area contributed by atoms with Crippen molar-refractivity contribution < 1.29 is 22.5 Å². The summed E-state index contributed by atoms with van der Waals surface area (Å²) in [6.45, 7) is 3.39. The van der Waals surface area contributed by atoms with Crippen LogP contribution in [0.3, 0.4) is 0 Å². The number of halogens is 3. The molecular weight excluding hydrogens is 285 g/mol. The number of alkyl halides is 3. The van der Waals surface area contributed by atoms with Crippen LogP contribution in [0.1, 0.15) is 42.7 Å². The molecule has 7 heteroatoms. The molecule has 4 nitrogen and oxygen atoms in total. The molecule has 0 radical (unpaired) electrons. The number of aryl methyl sites for hydroxylation is 2. The number of nitrogens with one attached hydrogen (secondary N) is 1. The molecule has 0 aliphatic heterocycles. The lowest BCUT2D eigenvalue weighted by molar-refractivity contribution is -0.189. The summed E-state index contributed by atoms with van der Waals surface area (Å²) in [5, 5.41) is 6.28. The summed E-state index contributed by atoms with van der Waals surface area (Å²) in [7, 11) is 0. The van der Waals surface area contributed by atoms with E-state index in [0.29, 0.717) is 36.3 Å². The molecule has 1 aromatic rings. The van der Waals surface area contributed by atoms with E-state index >= 15 is 0 Å². The predicted molar refractivity (Wildman–Crippen MR) is 69.6 cm³/mol. The summed E-state index contributed by atoms with van der Waals surface area (Å²) >= 11 is 0. The average molecular weight is 304 g/mol. The van der Waals surface area contributed by atoms with Crippen LogP contribution in [-0.2, 0) is 11.2 Å². The molecule has 2 atom stereocenters. The standard InChI is InChI=1S/C14H19F3N2O2/c1-8-10(9(2)21-19-8)7-13(20)18-12-6-4-3-5-11(12)14(15,16)17/h11-12H,3-7H2,1-2H3,(H,18,20). The van der Waals surface area contributed by atoms with Crippen molar-refractivity contribution in [2.45, 2.75) is 58.2 Å². The minimum atomic E-state index is -4.26. The molecule has 1 amide bonds. The van der Waals surface area contributed by atoms with Crippen LogP contribution >= 0.6 is 0 Å². The Labute approximate surface area is 121 Å². The van der Waals surface area contributed by atoms with E-state index in [0.717, 1.165) is 0 Å². The lowest BCUT2D eigenvalue weighted by Gasteiger charge is -2.33. The van der Waals surface area contributed by atoms with Crippen molar-refractivity contribution in [1.82, 2.24) is 10.5 Å². The van der Waals surface area contributed by atoms with Gasteiger partial charge in [-0.15, -0.1) is 0 Å². The number of carbonyl (C=O) groups excluding carboxylic acids is 1. The molecule has 21 heavy (non-hydrogen) atoms. The summed E-state index contributed by atoms with van der Waals surface area (Å²) in [6.07, 6.45) is -2.54. The molecule has 0 spiro atoms. The zero-order chi connectivity index (χ0) is 15.6. The summed E-state index contributed by atoms with van der Waals surface area (Å²) in [6, 6.07) is -0.827. The van der Waals surface area contributed by atoms with E-state index in [4.69, 9.17) is 4.52 Å². The maximum Gasteiger partial charge on any atom is 0.393 e. The minimum Gasteiger partial charge on any atom is -0.361 e. The van der Waals surface area contributed by atoms with Crippen LogP contribution in [0.15, 0.2) is 4.52 Å². The van der Waals surface area contributed by atoms with Gasteiger partial charge in [0.25, 0.3) is 0 Å². The largest absolute Gasteiger partial charge is 0.393 e. The van der Waals surface area contributed by atoms with Crippen LogP contribution in [0, 0.1) is 19.8 Å². The molecule has 1 N–H and O–H groups in total. The Balaban J connectivity index is 2.01. The SMILES string of the molecule is Cc1noc(C)c1CC(=O)NC1CCCCC1C(F)(F)F. The second-order valence-electron chi connectivity index (χ2n) is 5.59. The molecule has 1 fully saturated rings. The Morgan fingerprint density at radius 3 is 2.57 bits per heavy atom. The van der Waals surface area contributed by atoms with Crippen LogP contribution < -0.4 is 5.32 Å². The molecule has 0 bridgehead atoms. The van der Waals surface area contributed by atoms with Crippen LogP contribution in [-0.4, -0.2) is 23.3 Å². The van der Waals surface area contributed by atoms with Crippen molar-refractivity contribution in [3.63, 3.8) is 0 Å². The van der Waals surface area contributed by atoms with Gasteiger partial charge in [0.05, 0.1) is 18.0 Å². The summed E-state index contributed by atoms with van der Waals surface area (Å²) in [5.41, 5.74) is 1.24. The maximum atomic E-state index is 13.0. The quantitative estimate of drug-likeness (QED) is 0.933. The third-order valence-corrected chi connectivity index (χ3v) is 4.05. The Morgan fingerprint density at radius 1 is 1.33 bits per heavy atom. The van der Waals surface area contributed by atoms with E-state index in [-0.39, 0.29) is 12.8 Å². The van der Waals surface area contributed by atoms with Gasteiger partial charge in [-0.3, -0.25) is 4.79 Å². The highest BCUT2D eigenvalue weighted by molar-refractivity contribution is 5.79. The molecule has 1 aliphatic rings. The monoisotopic (exact) mass is 304 g/mol. The predicted octanol–water partition coefficient (Wildman–Crippen LogP) is 3.07. The van der Waals surface area contributed by atoms with E-state index < -0.39 is 24.0 Å². The van der Waals surface area contributed by atoms with Gasteiger partial charge < -0.3 is 9.84 Å². The number of amides is 1. The first-order chi connectivity index (χ1) is 9.79. The van der Waals surface area contributed by atoms with E-state index in [1.807, 2.05) is 0 Å². The first-order valence-corrected chi connectivity index (χ1v) is 7.07. The first kappa shape index (κ1) is 15.9. The molecular formula is C14H19F3N2O2. The van der Waals surface area contributed by atoms with Gasteiger partial charge in [-0.2, -0.15) is 13.2 Å². The third kappa shape index (κ3) is 3.77. The molecule has 1 aromatic heterocycles. The molecule has 1 saturated carbocycles. The fourth-order valence-electron chi connectivity index (χ4n) is 2.87. The number of nitrogens with zero attached hydrogens (tertiary/aromatic N) is 1. The highest BCUT2D eigenvalue weighted by Crippen LogP contribution is 2.37. The van der Waals surface area contributed by atoms with Crippen LogP contribution in [0.25, 0.3) is 0 Å². The Bertz CT molecular complexity index is 491. The first-order valence-electron chi connectivity index (χ1n) is 7.07. The molecule has 2 rings (SSSR count). The normalized spacial score (nSPS) is 23.1. The number of aromatic nitrogens is 1. The van der Waals surface area contributed by atoms with Gasteiger partial charge in [0.1, 0.15) is 5.76 Å². The fourth-order valence-corrected chi connectivity index (χ4v) is 2.87. The van der Waals surface area contributed by atoms with Gasteiger partial charge in [-0.1, -0.05) is 18.0 Å². The van der Waals surface area contributed by atoms with Gasteiger partial charge in [-0.05, 0) is 26.7 Å². The van der Waals surface area contributed by atoms with Crippen molar-refractivity contribution in [3.05, 3.63) is 17.0 Å². The summed E-state index contributed by atoms with van der Waals surface area (Å²) in [4.78, 5) is 12.0. The van der Waals surface area contributed by atoms with Gasteiger partial charge in [0.2, 0.25) is 5.91 Å². The van der Waals surface area contributed by atoms with Crippen molar-refractivity contribution in [2.24, 2.45) is 5.92 Å². The number of carbonyl (C=O) groups is 1. The molecule has 2 unspecified atom stereocenters. The topological polar surface area (TPSA) is 55.1 Å². The van der Waals surface area contributed by atoms with Crippen LogP contribution in [0.5, 0.6) is 0 Å². The molecule has 1 aliphatic carbocycles. The van der Waals surface area contributed by atoms with E-state index in [2.05, 4.69) is 10.5 Å². The van der Waals surface area contributed by atoms with Gasteiger partial charge in [0, 0.05) is 11.6 Å². The molecule has 118 valence electrons. The fraction of sp³-hybridized carbons (Fsp3) is 0.714. The Hall–Kier alpha value is -1.53. The maximum absolute atomic E-state index is 13.0. The lowest BCUT2D eigenvalue weighted by atomic mass is 9.84. The highest BCUT2D eigenvalue weighted by atomic mass is 19.4. The van der Waals surface area contributed by atoms with Crippen molar-refractivity contribution in [3.8, 4) is 0 Å². The van der Waals surface area contributed by atoms with Crippen molar-refractivity contribution in [1.29, 1.82) is 0 Å². The summed E-state index contributed by atoms with van der Waals surface area (Å²) < 4.78 is 43.9. The smallest absolute Gasteiger partial charge is 0.361 e. The van der Waals surface area contributed by atoms with E-state index in [1.54, 1.807) is 13.8 Å². The Morgan fingerprint density at radius 2 is 2.00 bits per heavy atom. The van der Waals surface area contributed by atoms with E-state index in [1.165, 1.54) is 0 Å². The second-order valence-corrected chi connectivity index (χ2v) is 5.59. The Kier molecular flexibility index (Phi) is 4.58. The molecule has 1 heterocycles. The zero-order valence-corrected chi connectivity index (χ0v) is 12.1. The molecule has 0 aromatic carbocycles. The van der Waals surface area contributed by atoms with Crippen LogP contribution in [0.4, 0.5) is 13.2 Å². The summed E-state index contributed by atoms with van der Waals surface area (Å²) in [5.74, 6) is -1.33. The third-order valence-electron chi connectivity index (χ3n) is 4.05. The number of hydrogen-bond donors (Lipinski definition) is 1. The van der Waals surface area contributed by atoms with Crippen molar-refractivity contribution >= 4 is 5.91 Å². The average Bonchev–Trinajstić information content (AvgIpc) is 2.70.